The number of rotatable bonds is 3. The summed E-state index contributed by atoms with van der Waals surface area (Å²) in [5.74, 6) is 1.22. The summed E-state index contributed by atoms with van der Waals surface area (Å²) in [5, 5.41) is 3.44. The van der Waals surface area contributed by atoms with E-state index in [1.165, 1.54) is 24.3 Å². The molecule has 1 aromatic rings. The molecule has 1 aliphatic carbocycles. The first-order valence-electron chi connectivity index (χ1n) is 5.39. The Bertz CT molecular complexity index is 302. The number of nitrogens with zero attached hydrogens (tertiary/aromatic N) is 1. The zero-order valence-electron chi connectivity index (χ0n) is 8.86. The molecule has 1 aromatic heterocycles. The van der Waals surface area contributed by atoms with Crippen molar-refractivity contribution >= 4 is 11.3 Å². The fraction of sp³-hybridized carbons (Fsp3) is 0.727. The summed E-state index contributed by atoms with van der Waals surface area (Å²) in [7, 11) is 0. The van der Waals surface area contributed by atoms with Crippen LogP contribution in [0.1, 0.15) is 55.8 Å². The Hall–Kier alpha value is -0.410. The second-order valence-electron chi connectivity index (χ2n) is 4.51. The molecule has 1 fully saturated rings. The molecule has 2 N–H and O–H groups in total. The maximum Gasteiger partial charge on any atom is 0.0959 e. The summed E-state index contributed by atoms with van der Waals surface area (Å²) in [6, 6.07) is 0.111. The van der Waals surface area contributed by atoms with Crippen LogP contribution in [0, 0.1) is 5.92 Å². The highest BCUT2D eigenvalue weighted by Gasteiger charge is 2.23. The van der Waals surface area contributed by atoms with Gasteiger partial charge >= 0.3 is 0 Å². The lowest BCUT2D eigenvalue weighted by Crippen LogP contribution is -2.17. The number of hydrogen-bond acceptors (Lipinski definition) is 3. The molecular formula is C11H18N2S. The number of thiazole rings is 1. The van der Waals surface area contributed by atoms with Crippen LogP contribution in [0.15, 0.2) is 5.38 Å². The first-order chi connectivity index (χ1) is 6.68. The Morgan fingerprint density at radius 3 is 2.71 bits per heavy atom. The van der Waals surface area contributed by atoms with Gasteiger partial charge in [-0.3, -0.25) is 0 Å². The lowest BCUT2D eigenvalue weighted by atomic mass is 9.86. The SMILES string of the molecule is CC(C)C(N)c1csc(C2CCC2)n1. The minimum Gasteiger partial charge on any atom is -0.322 e. The second-order valence-corrected chi connectivity index (χ2v) is 5.40. The molecule has 14 heavy (non-hydrogen) atoms. The Morgan fingerprint density at radius 2 is 2.21 bits per heavy atom. The second kappa shape index (κ2) is 3.99. The molecule has 2 nitrogen and oxygen atoms in total. The van der Waals surface area contributed by atoms with Crippen LogP contribution >= 0.6 is 11.3 Å². The molecule has 2 rings (SSSR count). The molecule has 1 atom stereocenters. The third-order valence-electron chi connectivity index (χ3n) is 3.05. The van der Waals surface area contributed by atoms with Crippen LogP contribution in [0.5, 0.6) is 0 Å². The Balaban J connectivity index is 2.08. The fourth-order valence-corrected chi connectivity index (χ4v) is 2.68. The Labute approximate surface area is 89.5 Å². The van der Waals surface area contributed by atoms with E-state index < -0.39 is 0 Å². The van der Waals surface area contributed by atoms with Gasteiger partial charge in [-0.1, -0.05) is 20.3 Å². The van der Waals surface area contributed by atoms with E-state index in [-0.39, 0.29) is 6.04 Å². The van der Waals surface area contributed by atoms with Gasteiger partial charge in [-0.15, -0.1) is 11.3 Å². The van der Waals surface area contributed by atoms with E-state index >= 15 is 0 Å². The van der Waals surface area contributed by atoms with E-state index in [2.05, 4.69) is 24.2 Å². The zero-order valence-corrected chi connectivity index (χ0v) is 9.68. The maximum atomic E-state index is 6.05. The molecule has 78 valence electrons. The van der Waals surface area contributed by atoms with Crippen LogP contribution in [0.4, 0.5) is 0 Å². The van der Waals surface area contributed by atoms with Gasteiger partial charge in [0.15, 0.2) is 0 Å². The maximum absolute atomic E-state index is 6.05. The summed E-state index contributed by atoms with van der Waals surface area (Å²) in [6.45, 7) is 4.29. The molecule has 1 saturated carbocycles. The van der Waals surface area contributed by atoms with Crippen molar-refractivity contribution in [1.82, 2.24) is 4.98 Å². The average Bonchev–Trinajstić information content (AvgIpc) is 2.48. The fourth-order valence-electron chi connectivity index (χ4n) is 1.64. The largest absolute Gasteiger partial charge is 0.322 e. The van der Waals surface area contributed by atoms with E-state index in [0.29, 0.717) is 5.92 Å². The molecule has 0 radical (unpaired) electrons. The number of hydrogen-bond donors (Lipinski definition) is 1. The highest BCUT2D eigenvalue weighted by Crippen LogP contribution is 2.38. The Kier molecular flexibility index (Phi) is 2.88. The average molecular weight is 210 g/mol. The van der Waals surface area contributed by atoms with Gasteiger partial charge in [-0.05, 0) is 18.8 Å². The summed E-state index contributed by atoms with van der Waals surface area (Å²) in [5.41, 5.74) is 7.14. The van der Waals surface area contributed by atoms with Crippen LogP contribution < -0.4 is 5.73 Å². The summed E-state index contributed by atoms with van der Waals surface area (Å²) in [6.07, 6.45) is 4.02. The predicted molar refractivity (Wildman–Crippen MR) is 60.5 cm³/mol. The zero-order chi connectivity index (χ0) is 10.1. The molecule has 1 aliphatic rings. The molecule has 0 amide bonds. The van der Waals surface area contributed by atoms with Crippen LogP contribution in [-0.2, 0) is 0 Å². The minimum absolute atomic E-state index is 0.111. The summed E-state index contributed by atoms with van der Waals surface area (Å²) in [4.78, 5) is 4.65. The minimum atomic E-state index is 0.111. The van der Waals surface area contributed by atoms with Crippen LogP contribution in [-0.4, -0.2) is 4.98 Å². The van der Waals surface area contributed by atoms with Gasteiger partial charge in [0.1, 0.15) is 0 Å². The monoisotopic (exact) mass is 210 g/mol. The van der Waals surface area contributed by atoms with Crippen molar-refractivity contribution < 1.29 is 0 Å². The van der Waals surface area contributed by atoms with Crippen molar-refractivity contribution in [2.24, 2.45) is 11.7 Å². The highest BCUT2D eigenvalue weighted by atomic mass is 32.1. The quantitative estimate of drug-likeness (QED) is 0.832. The third-order valence-corrected chi connectivity index (χ3v) is 4.08. The molecule has 1 heterocycles. The predicted octanol–water partition coefficient (Wildman–Crippen LogP) is 3.07. The summed E-state index contributed by atoms with van der Waals surface area (Å²) >= 11 is 1.79. The van der Waals surface area contributed by atoms with E-state index in [4.69, 9.17) is 5.73 Å². The molecule has 3 heteroatoms. The van der Waals surface area contributed by atoms with Crippen molar-refractivity contribution in [3.05, 3.63) is 16.1 Å². The number of aromatic nitrogens is 1. The van der Waals surface area contributed by atoms with E-state index in [9.17, 15) is 0 Å². The first kappa shape index (κ1) is 10.1. The molecule has 0 saturated heterocycles. The first-order valence-corrected chi connectivity index (χ1v) is 6.27. The van der Waals surface area contributed by atoms with Gasteiger partial charge in [0.05, 0.1) is 16.7 Å². The lowest BCUT2D eigenvalue weighted by molar-refractivity contribution is 0.415. The smallest absolute Gasteiger partial charge is 0.0959 e. The molecule has 0 bridgehead atoms. The standard InChI is InChI=1S/C11H18N2S/c1-7(2)10(12)9-6-14-11(13-9)8-4-3-5-8/h6-8,10H,3-5,12H2,1-2H3. The van der Waals surface area contributed by atoms with Gasteiger partial charge in [0.2, 0.25) is 0 Å². The third kappa shape index (κ3) is 1.84. The highest BCUT2D eigenvalue weighted by molar-refractivity contribution is 7.09. The van der Waals surface area contributed by atoms with E-state index in [1.54, 1.807) is 11.3 Å². The van der Waals surface area contributed by atoms with Gasteiger partial charge in [0.25, 0.3) is 0 Å². The van der Waals surface area contributed by atoms with Crippen molar-refractivity contribution in [2.75, 3.05) is 0 Å². The van der Waals surface area contributed by atoms with Crippen molar-refractivity contribution in [1.29, 1.82) is 0 Å². The van der Waals surface area contributed by atoms with Crippen LogP contribution in [0.3, 0.4) is 0 Å². The van der Waals surface area contributed by atoms with Gasteiger partial charge < -0.3 is 5.73 Å². The normalized spacial score (nSPS) is 19.7. The van der Waals surface area contributed by atoms with Crippen LogP contribution in [0.25, 0.3) is 0 Å². The van der Waals surface area contributed by atoms with Crippen LogP contribution in [0.2, 0.25) is 0 Å². The molecule has 0 aromatic carbocycles. The molecular weight excluding hydrogens is 192 g/mol. The molecule has 1 unspecified atom stereocenters. The summed E-state index contributed by atoms with van der Waals surface area (Å²) < 4.78 is 0. The molecule has 0 aliphatic heterocycles. The van der Waals surface area contributed by atoms with Gasteiger partial charge in [0, 0.05) is 11.3 Å². The van der Waals surface area contributed by atoms with E-state index in [1.807, 2.05) is 0 Å². The lowest BCUT2D eigenvalue weighted by Gasteiger charge is -2.22. The molecule has 0 spiro atoms. The van der Waals surface area contributed by atoms with Crippen molar-refractivity contribution in [3.63, 3.8) is 0 Å². The van der Waals surface area contributed by atoms with E-state index in [0.717, 1.165) is 11.6 Å². The van der Waals surface area contributed by atoms with Crippen molar-refractivity contribution in [3.8, 4) is 0 Å². The van der Waals surface area contributed by atoms with Gasteiger partial charge in [-0.2, -0.15) is 0 Å². The Morgan fingerprint density at radius 1 is 1.50 bits per heavy atom. The number of nitrogens with two attached hydrogens (primary N) is 1. The van der Waals surface area contributed by atoms with Gasteiger partial charge in [-0.25, -0.2) is 4.98 Å². The van der Waals surface area contributed by atoms with Crippen molar-refractivity contribution in [2.45, 2.75) is 45.1 Å². The topological polar surface area (TPSA) is 38.9 Å².